The predicted octanol–water partition coefficient (Wildman–Crippen LogP) is 4.65. The first-order chi connectivity index (χ1) is 21.5. The Kier molecular flexibility index (Phi) is 11.5. The van der Waals surface area contributed by atoms with Gasteiger partial charge in [-0.05, 0) is 70.5 Å². The number of hydrogen-bond acceptors (Lipinski definition) is 7. The fourth-order valence-electron chi connectivity index (χ4n) is 4.74. The van der Waals surface area contributed by atoms with Crippen molar-refractivity contribution in [3.8, 4) is 5.75 Å². The highest BCUT2D eigenvalue weighted by Gasteiger charge is 2.40. The van der Waals surface area contributed by atoms with Crippen molar-refractivity contribution in [1.82, 2.24) is 20.7 Å². The number of para-hydroxylation sites is 1. The molecular weight excluding hydrogens is 611 g/mol. The summed E-state index contributed by atoms with van der Waals surface area (Å²) in [7, 11) is 0. The molecule has 1 aliphatic rings. The van der Waals surface area contributed by atoms with Crippen molar-refractivity contribution in [3.63, 3.8) is 0 Å². The maximum Gasteiger partial charge on any atom is 0.490 e. The summed E-state index contributed by atoms with van der Waals surface area (Å²) in [5.74, 6) is -4.78. The van der Waals surface area contributed by atoms with Gasteiger partial charge in [0.05, 0.1) is 17.4 Å². The Morgan fingerprint density at radius 1 is 1.00 bits per heavy atom. The minimum absolute atomic E-state index is 0.0162. The third-order valence-electron chi connectivity index (χ3n) is 6.85. The van der Waals surface area contributed by atoms with Crippen LogP contribution in [0.3, 0.4) is 0 Å². The molecule has 1 aliphatic heterocycles. The molecule has 0 unspecified atom stereocenters. The molecule has 0 spiro atoms. The van der Waals surface area contributed by atoms with E-state index in [0.717, 1.165) is 22.2 Å². The number of hydroxylamine groups is 1. The number of piperidine rings is 1. The quantitative estimate of drug-likeness (QED) is 0.190. The molecule has 0 aliphatic carbocycles. The molecule has 4 amide bonds. The number of amides is 4. The summed E-state index contributed by atoms with van der Waals surface area (Å²) in [6.45, 7) is 8.24. The van der Waals surface area contributed by atoms with E-state index in [0.29, 0.717) is 24.6 Å². The lowest BCUT2D eigenvalue weighted by atomic mass is 9.84. The molecule has 1 aromatic heterocycles. The van der Waals surface area contributed by atoms with Gasteiger partial charge in [0.1, 0.15) is 12.4 Å². The maximum absolute atomic E-state index is 13.1. The number of fused-ring (bicyclic) bond motifs is 1. The Balaban J connectivity index is 0.000000738. The topological polar surface area (TPSA) is 170 Å². The Bertz CT molecular complexity index is 1560. The lowest BCUT2D eigenvalue weighted by molar-refractivity contribution is -0.192. The number of urea groups is 1. The van der Waals surface area contributed by atoms with E-state index in [1.165, 1.54) is 4.90 Å². The highest BCUT2D eigenvalue weighted by atomic mass is 19.4. The second-order valence-corrected chi connectivity index (χ2v) is 11.6. The number of nitrogens with one attached hydrogen (secondary N) is 3. The van der Waals surface area contributed by atoms with Crippen molar-refractivity contribution in [1.29, 1.82) is 0 Å². The highest BCUT2D eigenvalue weighted by molar-refractivity contribution is 5.96. The van der Waals surface area contributed by atoms with E-state index in [1.54, 1.807) is 29.7 Å². The van der Waals surface area contributed by atoms with Crippen LogP contribution in [0.15, 0.2) is 54.6 Å². The minimum atomic E-state index is -5.08. The summed E-state index contributed by atoms with van der Waals surface area (Å²) in [6.07, 6.45) is -4.80. The van der Waals surface area contributed by atoms with Gasteiger partial charge in [-0.25, -0.2) is 15.1 Å². The number of aliphatic carboxylic acids is 1. The van der Waals surface area contributed by atoms with E-state index in [9.17, 15) is 32.8 Å². The van der Waals surface area contributed by atoms with Crippen LogP contribution in [-0.4, -0.2) is 68.8 Å². The Morgan fingerprint density at radius 2 is 1.63 bits per heavy atom. The van der Waals surface area contributed by atoms with E-state index >= 15 is 0 Å². The van der Waals surface area contributed by atoms with Crippen LogP contribution >= 0.6 is 0 Å². The van der Waals surface area contributed by atoms with Gasteiger partial charge in [-0.1, -0.05) is 18.2 Å². The van der Waals surface area contributed by atoms with Crippen molar-refractivity contribution in [2.75, 3.05) is 18.4 Å². The Labute approximate surface area is 262 Å². The first-order valence-electron chi connectivity index (χ1n) is 14.2. The number of aryl methyl sites for hydroxylation is 1. The lowest BCUT2D eigenvalue weighted by Gasteiger charge is -2.37. The zero-order valence-corrected chi connectivity index (χ0v) is 25.6. The number of rotatable bonds is 6. The minimum Gasteiger partial charge on any atom is -0.489 e. The van der Waals surface area contributed by atoms with Gasteiger partial charge in [-0.2, -0.15) is 13.2 Å². The summed E-state index contributed by atoms with van der Waals surface area (Å²) in [5, 5.41) is 23.1. The number of likely N-dealkylation sites (tertiary alicyclic amines) is 1. The Hall–Kier alpha value is -4.92. The molecule has 12 nitrogen and oxygen atoms in total. The molecule has 2 aromatic carbocycles. The van der Waals surface area contributed by atoms with E-state index in [-0.39, 0.29) is 24.9 Å². The second kappa shape index (κ2) is 14.9. The molecule has 5 N–H and O–H groups in total. The van der Waals surface area contributed by atoms with E-state index < -0.39 is 35.4 Å². The zero-order valence-electron chi connectivity index (χ0n) is 25.6. The van der Waals surface area contributed by atoms with Gasteiger partial charge in [-0.3, -0.25) is 19.8 Å². The third kappa shape index (κ3) is 10.1. The number of alkyl halides is 3. The summed E-state index contributed by atoms with van der Waals surface area (Å²) in [4.78, 5) is 53.1. The zero-order chi connectivity index (χ0) is 34.2. The van der Waals surface area contributed by atoms with Crippen LogP contribution in [0.1, 0.15) is 38.4 Å². The van der Waals surface area contributed by atoms with E-state index in [1.807, 2.05) is 58.0 Å². The summed E-state index contributed by atoms with van der Waals surface area (Å²) < 4.78 is 37.7. The van der Waals surface area contributed by atoms with Gasteiger partial charge in [0.25, 0.3) is 0 Å². The van der Waals surface area contributed by atoms with Crippen molar-refractivity contribution in [3.05, 3.63) is 65.9 Å². The first kappa shape index (κ1) is 35.6. The number of pyridine rings is 1. The standard InChI is InChI=1S/C29H35N5O5.C2HF3O2/c1-18-15-19(22-7-5-6-8-25(22)30-18)17-39-21-11-9-20(10-12-21)31-26(35)23-13-14-34(16-24(23)27(36)33-38)28(37)32-29(2,3)4;3-2(4,5)1(6)7/h5-12,15,23-24,38H,13-14,16-17H2,1-4H3,(H,31,35)(H,32,37)(H,33,36);(H,6,7)/t23-,24-;/m0./s1. The van der Waals surface area contributed by atoms with Crippen molar-refractivity contribution >= 4 is 40.4 Å². The van der Waals surface area contributed by atoms with Crippen LogP contribution < -0.4 is 20.9 Å². The number of halogens is 3. The summed E-state index contributed by atoms with van der Waals surface area (Å²) >= 11 is 0. The third-order valence-corrected chi connectivity index (χ3v) is 6.85. The number of carbonyl (C=O) groups is 4. The number of anilines is 1. The number of ether oxygens (including phenoxy) is 1. The van der Waals surface area contributed by atoms with Crippen LogP contribution in [0.5, 0.6) is 5.75 Å². The van der Waals surface area contributed by atoms with Gasteiger partial charge in [0.15, 0.2) is 0 Å². The van der Waals surface area contributed by atoms with Crippen LogP contribution in [0.25, 0.3) is 10.9 Å². The molecule has 0 radical (unpaired) electrons. The number of carbonyl (C=O) groups excluding carboxylic acids is 3. The van der Waals surface area contributed by atoms with E-state index in [4.69, 9.17) is 14.6 Å². The number of nitrogens with zero attached hydrogens (tertiary/aromatic N) is 2. The lowest BCUT2D eigenvalue weighted by Crippen LogP contribution is -2.56. The fourth-order valence-corrected chi connectivity index (χ4v) is 4.74. The molecule has 4 rings (SSSR count). The van der Waals surface area contributed by atoms with Crippen molar-refractivity contribution in [2.45, 2.75) is 52.4 Å². The number of carboxylic acids is 1. The van der Waals surface area contributed by atoms with Crippen molar-refractivity contribution < 1.29 is 47.4 Å². The highest BCUT2D eigenvalue weighted by Crippen LogP contribution is 2.27. The molecule has 3 aromatic rings. The Morgan fingerprint density at radius 3 is 2.22 bits per heavy atom. The smallest absolute Gasteiger partial charge is 0.489 e. The van der Waals surface area contributed by atoms with Gasteiger partial charge in [0.2, 0.25) is 11.8 Å². The number of aromatic nitrogens is 1. The van der Waals surface area contributed by atoms with Crippen molar-refractivity contribution in [2.24, 2.45) is 11.8 Å². The SMILES string of the molecule is Cc1cc(COc2ccc(NC(=O)[C@H]3CCN(C(=O)NC(C)(C)C)C[C@@H]3C(=O)NO)cc2)c2ccccc2n1.O=C(O)C(F)(F)F. The fraction of sp³-hybridized carbons (Fsp3) is 0.387. The normalized spacial score (nSPS) is 16.5. The summed E-state index contributed by atoms with van der Waals surface area (Å²) in [5.41, 5.74) is 4.62. The molecule has 2 atom stereocenters. The first-order valence-corrected chi connectivity index (χ1v) is 14.2. The van der Waals surface area contributed by atoms with Gasteiger partial charge in [0, 0.05) is 41.0 Å². The molecule has 248 valence electrons. The molecule has 0 saturated carbocycles. The number of benzene rings is 2. The van der Waals surface area contributed by atoms with Crippen LogP contribution in [0, 0.1) is 18.8 Å². The molecule has 15 heteroatoms. The average molecular weight is 648 g/mol. The van der Waals surface area contributed by atoms with Gasteiger partial charge >= 0.3 is 18.2 Å². The number of carboxylic acid groups (broad SMARTS) is 1. The largest absolute Gasteiger partial charge is 0.490 e. The molecule has 1 fully saturated rings. The predicted molar refractivity (Wildman–Crippen MR) is 161 cm³/mol. The monoisotopic (exact) mass is 647 g/mol. The molecule has 1 saturated heterocycles. The molecule has 0 bridgehead atoms. The molecule has 2 heterocycles. The average Bonchev–Trinajstić information content (AvgIpc) is 2.98. The van der Waals surface area contributed by atoms with E-state index in [2.05, 4.69) is 15.6 Å². The van der Waals surface area contributed by atoms with Crippen LogP contribution in [0.2, 0.25) is 0 Å². The molecule has 46 heavy (non-hydrogen) atoms. The van der Waals surface area contributed by atoms with Gasteiger partial charge in [-0.15, -0.1) is 0 Å². The summed E-state index contributed by atoms with van der Waals surface area (Å²) in [6, 6.07) is 16.6. The van der Waals surface area contributed by atoms with Gasteiger partial charge < -0.3 is 25.4 Å². The molecular formula is C31H36F3N5O7. The van der Waals surface area contributed by atoms with Crippen LogP contribution in [0.4, 0.5) is 23.7 Å². The second-order valence-electron chi connectivity index (χ2n) is 11.6. The van der Waals surface area contributed by atoms with Crippen LogP contribution in [-0.2, 0) is 21.0 Å². The maximum atomic E-state index is 13.1. The number of hydrogen-bond donors (Lipinski definition) is 5.